The highest BCUT2D eigenvalue weighted by atomic mass is 32.2. The minimum absolute atomic E-state index is 0.203. The maximum atomic E-state index is 12.8. The van der Waals surface area contributed by atoms with Gasteiger partial charge in [0.1, 0.15) is 0 Å². The van der Waals surface area contributed by atoms with Crippen molar-refractivity contribution in [2.24, 2.45) is 0 Å². The Morgan fingerprint density at radius 3 is 2.17 bits per heavy atom. The first kappa shape index (κ1) is 21.3. The van der Waals surface area contributed by atoms with Crippen LogP contribution in [0.25, 0.3) is 0 Å². The highest BCUT2D eigenvalue weighted by Crippen LogP contribution is 2.28. The van der Waals surface area contributed by atoms with Gasteiger partial charge in [-0.15, -0.1) is 0 Å². The summed E-state index contributed by atoms with van der Waals surface area (Å²) in [5.74, 6) is -3.01. The lowest BCUT2D eigenvalue weighted by Gasteiger charge is -2.13. The quantitative estimate of drug-likeness (QED) is 0.407. The number of carbonyl (C=O) groups excluding carboxylic acids is 2. The SMILES string of the molecule is CC(=O)Nc1cccc(NC(=O)c2ccccc2Nc2ccc(SC(F)F)cc2)c1. The third-order valence-electron chi connectivity index (χ3n) is 3.97. The molecule has 3 N–H and O–H groups in total. The lowest BCUT2D eigenvalue weighted by Crippen LogP contribution is -2.14. The molecule has 3 aromatic rings. The number of nitrogens with one attached hydrogen (secondary N) is 3. The smallest absolute Gasteiger partial charge is 0.288 e. The minimum Gasteiger partial charge on any atom is -0.355 e. The molecule has 30 heavy (non-hydrogen) atoms. The van der Waals surface area contributed by atoms with Crippen molar-refractivity contribution in [1.82, 2.24) is 0 Å². The summed E-state index contributed by atoms with van der Waals surface area (Å²) in [5, 5.41) is 8.62. The van der Waals surface area contributed by atoms with E-state index in [1.165, 1.54) is 6.92 Å². The van der Waals surface area contributed by atoms with Gasteiger partial charge in [0.05, 0.1) is 11.3 Å². The van der Waals surface area contributed by atoms with Crippen LogP contribution in [0.3, 0.4) is 0 Å². The van der Waals surface area contributed by atoms with Gasteiger partial charge in [-0.25, -0.2) is 0 Å². The summed E-state index contributed by atoms with van der Waals surface area (Å²) in [6.07, 6.45) is 0. The van der Waals surface area contributed by atoms with Gasteiger partial charge in [-0.05, 0) is 54.6 Å². The van der Waals surface area contributed by atoms with Crippen LogP contribution in [-0.2, 0) is 4.79 Å². The number of amides is 2. The van der Waals surface area contributed by atoms with E-state index in [0.29, 0.717) is 45.0 Å². The largest absolute Gasteiger partial charge is 0.355 e. The zero-order valence-corrected chi connectivity index (χ0v) is 16.8. The second-order valence-corrected chi connectivity index (χ2v) is 7.35. The predicted octanol–water partition coefficient (Wildman–Crippen LogP) is 5.96. The van der Waals surface area contributed by atoms with E-state index in [-0.39, 0.29) is 11.8 Å². The fourth-order valence-corrected chi connectivity index (χ4v) is 3.24. The summed E-state index contributed by atoms with van der Waals surface area (Å²) >= 11 is 0.476. The normalized spacial score (nSPS) is 10.5. The van der Waals surface area contributed by atoms with Crippen molar-refractivity contribution in [2.75, 3.05) is 16.0 Å². The first-order valence-electron chi connectivity index (χ1n) is 9.00. The van der Waals surface area contributed by atoms with Crippen LogP contribution in [0.15, 0.2) is 77.7 Å². The lowest BCUT2D eigenvalue weighted by atomic mass is 10.1. The lowest BCUT2D eigenvalue weighted by molar-refractivity contribution is -0.114. The number of anilines is 4. The second-order valence-electron chi connectivity index (χ2n) is 6.29. The molecule has 0 heterocycles. The molecule has 0 aliphatic carbocycles. The number of hydrogen-bond donors (Lipinski definition) is 3. The zero-order chi connectivity index (χ0) is 21.5. The molecule has 3 aromatic carbocycles. The van der Waals surface area contributed by atoms with Gasteiger partial charge in [0.15, 0.2) is 0 Å². The van der Waals surface area contributed by atoms with E-state index in [0.717, 1.165) is 0 Å². The molecule has 0 unspecified atom stereocenters. The highest BCUT2D eigenvalue weighted by Gasteiger charge is 2.12. The Hall–Kier alpha value is -3.39. The number of hydrogen-bond acceptors (Lipinski definition) is 4. The summed E-state index contributed by atoms with van der Waals surface area (Å²) in [4.78, 5) is 24.5. The third kappa shape index (κ3) is 6.05. The molecule has 0 fully saturated rings. The molecule has 0 atom stereocenters. The van der Waals surface area contributed by atoms with Gasteiger partial charge >= 0.3 is 0 Å². The topological polar surface area (TPSA) is 70.2 Å². The van der Waals surface area contributed by atoms with Crippen LogP contribution >= 0.6 is 11.8 Å². The molecule has 0 saturated heterocycles. The predicted molar refractivity (Wildman–Crippen MR) is 117 cm³/mol. The maximum absolute atomic E-state index is 12.8. The van der Waals surface area contributed by atoms with Crippen molar-refractivity contribution in [1.29, 1.82) is 0 Å². The molecular formula is C22H19F2N3O2S. The molecule has 0 spiro atoms. The van der Waals surface area contributed by atoms with Crippen molar-refractivity contribution < 1.29 is 18.4 Å². The fourth-order valence-electron chi connectivity index (χ4n) is 2.74. The third-order valence-corrected chi connectivity index (χ3v) is 4.69. The Balaban J connectivity index is 1.74. The van der Waals surface area contributed by atoms with E-state index in [9.17, 15) is 18.4 Å². The highest BCUT2D eigenvalue weighted by molar-refractivity contribution is 7.99. The van der Waals surface area contributed by atoms with Gasteiger partial charge < -0.3 is 16.0 Å². The summed E-state index contributed by atoms with van der Waals surface area (Å²) in [5.41, 5.74) is 2.76. The van der Waals surface area contributed by atoms with Gasteiger partial charge in [0, 0.05) is 28.9 Å². The van der Waals surface area contributed by atoms with Crippen molar-refractivity contribution in [2.45, 2.75) is 17.6 Å². The van der Waals surface area contributed by atoms with Crippen molar-refractivity contribution in [3.8, 4) is 0 Å². The van der Waals surface area contributed by atoms with Crippen LogP contribution in [-0.4, -0.2) is 17.6 Å². The average Bonchev–Trinajstić information content (AvgIpc) is 2.69. The van der Waals surface area contributed by atoms with Crippen LogP contribution in [0.1, 0.15) is 17.3 Å². The number of alkyl halides is 2. The molecule has 0 radical (unpaired) electrons. The van der Waals surface area contributed by atoms with Crippen LogP contribution in [0.4, 0.5) is 31.5 Å². The zero-order valence-electron chi connectivity index (χ0n) is 16.0. The van der Waals surface area contributed by atoms with Gasteiger partial charge in [-0.3, -0.25) is 9.59 Å². The Bertz CT molecular complexity index is 1040. The monoisotopic (exact) mass is 427 g/mol. The summed E-state index contributed by atoms with van der Waals surface area (Å²) in [7, 11) is 0. The number of rotatable bonds is 7. The fraction of sp³-hybridized carbons (Fsp3) is 0.0909. The number of carbonyl (C=O) groups is 2. The Kier molecular flexibility index (Phi) is 7.03. The number of benzene rings is 3. The first-order chi connectivity index (χ1) is 14.4. The molecule has 3 rings (SSSR count). The Morgan fingerprint density at radius 1 is 0.833 bits per heavy atom. The van der Waals surface area contributed by atoms with Gasteiger partial charge in [-0.2, -0.15) is 8.78 Å². The summed E-state index contributed by atoms with van der Waals surface area (Å²) in [6.45, 7) is 1.41. The van der Waals surface area contributed by atoms with Gasteiger partial charge in [-0.1, -0.05) is 30.0 Å². The molecule has 0 aromatic heterocycles. The van der Waals surface area contributed by atoms with E-state index in [1.807, 2.05) is 0 Å². The molecule has 5 nitrogen and oxygen atoms in total. The molecule has 0 aliphatic heterocycles. The molecule has 0 aliphatic rings. The van der Waals surface area contributed by atoms with E-state index < -0.39 is 5.76 Å². The van der Waals surface area contributed by atoms with E-state index in [1.54, 1.807) is 72.8 Å². The van der Waals surface area contributed by atoms with E-state index in [4.69, 9.17) is 0 Å². The van der Waals surface area contributed by atoms with Gasteiger partial charge in [0.25, 0.3) is 11.7 Å². The molecule has 8 heteroatoms. The summed E-state index contributed by atoms with van der Waals surface area (Å²) in [6, 6.07) is 20.3. The molecule has 0 saturated carbocycles. The van der Waals surface area contributed by atoms with Gasteiger partial charge in [0.2, 0.25) is 5.91 Å². The molecule has 154 valence electrons. The van der Waals surface area contributed by atoms with Crippen LogP contribution < -0.4 is 16.0 Å². The standard InChI is InChI=1S/C22H19F2N3O2S/c1-14(28)25-16-5-4-6-17(13-16)27-21(29)19-7-2-3-8-20(19)26-15-9-11-18(12-10-15)30-22(23)24/h2-13,22,26H,1H3,(H,25,28)(H,27,29). The van der Waals surface area contributed by atoms with Crippen LogP contribution in [0.2, 0.25) is 0 Å². The average molecular weight is 427 g/mol. The Labute approximate surface area is 176 Å². The molecule has 0 bridgehead atoms. The van der Waals surface area contributed by atoms with E-state index >= 15 is 0 Å². The van der Waals surface area contributed by atoms with Crippen molar-refractivity contribution in [3.05, 3.63) is 78.4 Å². The maximum Gasteiger partial charge on any atom is 0.288 e. The molecular weight excluding hydrogens is 408 g/mol. The minimum atomic E-state index is -2.47. The van der Waals surface area contributed by atoms with Crippen LogP contribution in [0.5, 0.6) is 0 Å². The number of halogens is 2. The summed E-state index contributed by atoms with van der Waals surface area (Å²) < 4.78 is 24.9. The first-order valence-corrected chi connectivity index (χ1v) is 9.88. The Morgan fingerprint density at radius 2 is 1.50 bits per heavy atom. The van der Waals surface area contributed by atoms with Crippen LogP contribution in [0, 0.1) is 0 Å². The van der Waals surface area contributed by atoms with Crippen molar-refractivity contribution >= 4 is 46.3 Å². The number of thioether (sulfide) groups is 1. The number of para-hydroxylation sites is 1. The second kappa shape index (κ2) is 9.89. The molecule has 2 amide bonds. The van der Waals surface area contributed by atoms with Crippen molar-refractivity contribution in [3.63, 3.8) is 0 Å². The van der Waals surface area contributed by atoms with E-state index in [2.05, 4.69) is 16.0 Å².